The Morgan fingerprint density at radius 2 is 1.81 bits per heavy atom. The van der Waals surface area contributed by atoms with E-state index in [4.69, 9.17) is 9.16 Å². The summed E-state index contributed by atoms with van der Waals surface area (Å²) in [5, 5.41) is 22.7. The zero-order valence-corrected chi connectivity index (χ0v) is 27.9. The Kier molecular flexibility index (Phi) is 9.33. The lowest BCUT2D eigenvalue weighted by atomic mass is 9.79. The van der Waals surface area contributed by atoms with Gasteiger partial charge in [0.25, 0.3) is 0 Å². The molecule has 0 fully saturated rings. The fourth-order valence-corrected chi connectivity index (χ4v) is 6.38. The van der Waals surface area contributed by atoms with Crippen molar-refractivity contribution in [1.82, 2.24) is 9.47 Å². The molecule has 2 N–H and O–H groups in total. The topological polar surface area (TPSA) is 99.8 Å². The van der Waals surface area contributed by atoms with E-state index in [1.165, 1.54) is 16.0 Å². The van der Waals surface area contributed by atoms with Gasteiger partial charge in [0.1, 0.15) is 17.5 Å². The number of ether oxygens (including phenoxy) is 1. The Hall–Kier alpha value is -3.74. The third kappa shape index (κ3) is 7.26. The van der Waals surface area contributed by atoms with Crippen molar-refractivity contribution < 1.29 is 19.1 Å². The maximum absolute atomic E-state index is 11.5. The largest absolute Gasteiger partial charge is 0.544 e. The smallest absolute Gasteiger partial charge is 0.407 e. The third-order valence-corrected chi connectivity index (χ3v) is 13.4. The van der Waals surface area contributed by atoms with Crippen molar-refractivity contribution in [1.29, 1.82) is 5.26 Å². The number of nitriles is 1. The summed E-state index contributed by atoms with van der Waals surface area (Å²) in [6.07, 6.45) is 0.476. The predicted molar refractivity (Wildman–Crippen MR) is 174 cm³/mol. The molecule has 9 heteroatoms. The molecule has 8 nitrogen and oxygen atoms in total. The average Bonchev–Trinajstić information content (AvgIpc) is 3.24. The van der Waals surface area contributed by atoms with Crippen LogP contribution in [-0.2, 0) is 36.6 Å². The van der Waals surface area contributed by atoms with Crippen LogP contribution < -0.4 is 9.74 Å². The van der Waals surface area contributed by atoms with E-state index in [1.54, 1.807) is 0 Å². The molecule has 1 aliphatic heterocycles. The first kappa shape index (κ1) is 32.2. The number of carboxylic acid groups (broad SMARTS) is 1. The Bertz CT molecular complexity index is 1500. The molecule has 3 aromatic rings. The van der Waals surface area contributed by atoms with Crippen LogP contribution in [0.25, 0.3) is 0 Å². The Morgan fingerprint density at radius 3 is 2.44 bits per heavy atom. The van der Waals surface area contributed by atoms with Gasteiger partial charge in [0.2, 0.25) is 8.32 Å². The van der Waals surface area contributed by atoms with Crippen molar-refractivity contribution in [3.05, 3.63) is 76.6 Å². The zero-order chi connectivity index (χ0) is 31.6. The second-order valence-corrected chi connectivity index (χ2v) is 18.4. The van der Waals surface area contributed by atoms with Crippen molar-refractivity contribution >= 4 is 25.8 Å². The van der Waals surface area contributed by atoms with E-state index in [2.05, 4.69) is 65.2 Å². The van der Waals surface area contributed by atoms with Crippen molar-refractivity contribution in [3.63, 3.8) is 0 Å². The van der Waals surface area contributed by atoms with Crippen LogP contribution in [0, 0.1) is 11.3 Å². The van der Waals surface area contributed by atoms with Gasteiger partial charge in [-0.2, -0.15) is 5.26 Å². The van der Waals surface area contributed by atoms with Crippen LogP contribution in [0.1, 0.15) is 62.7 Å². The molecule has 43 heavy (non-hydrogen) atoms. The maximum Gasteiger partial charge on any atom is 0.407 e. The molecule has 230 valence electrons. The molecule has 0 atom stereocenters. The Morgan fingerprint density at radius 1 is 1.12 bits per heavy atom. The SMILES string of the molecule is Cn1c(C#N)cc(Nc2ccc(O[Si](C)(C)C(C)(C)C)cc2)c1CCOCC(C)(C)c1cccc2c1CCN(C(=O)O)C2. The number of anilines is 2. The molecule has 4 rings (SSSR count). The number of aromatic nitrogens is 1. The van der Waals surface area contributed by atoms with Crippen molar-refractivity contribution in [2.75, 3.05) is 25.1 Å². The Balaban J connectivity index is 1.41. The van der Waals surface area contributed by atoms with Crippen molar-refractivity contribution in [2.45, 2.75) is 77.6 Å². The molecular formula is C34H46N4O4Si. The summed E-state index contributed by atoms with van der Waals surface area (Å²) in [6.45, 7) is 17.5. The second kappa shape index (κ2) is 12.5. The van der Waals surface area contributed by atoms with Gasteiger partial charge >= 0.3 is 6.09 Å². The minimum atomic E-state index is -1.92. The fourth-order valence-electron chi connectivity index (χ4n) is 5.35. The molecule has 1 aliphatic rings. The monoisotopic (exact) mass is 602 g/mol. The lowest BCUT2D eigenvalue weighted by molar-refractivity contribution is 0.0956. The van der Waals surface area contributed by atoms with Gasteiger partial charge in [0.15, 0.2) is 0 Å². The zero-order valence-electron chi connectivity index (χ0n) is 26.9. The minimum absolute atomic E-state index is 0.123. The normalized spacial score (nSPS) is 13.8. The van der Waals surface area contributed by atoms with Crippen molar-refractivity contribution in [2.24, 2.45) is 7.05 Å². The average molecular weight is 603 g/mol. The maximum atomic E-state index is 11.5. The van der Waals surface area contributed by atoms with E-state index in [0.717, 1.165) is 28.4 Å². The molecule has 0 saturated heterocycles. The van der Waals surface area contributed by atoms with E-state index >= 15 is 0 Å². The number of carbonyl (C=O) groups is 1. The van der Waals surface area contributed by atoms with Crippen LogP contribution in [0.2, 0.25) is 18.1 Å². The highest BCUT2D eigenvalue weighted by atomic mass is 28.4. The standard InChI is InChI=1S/C34H46N4O4Si/c1-33(2,3)43(7,8)42-27-14-12-25(13-15-27)36-30-20-26(21-35)37(6)31(30)17-19-41-23-34(4,5)29-11-9-10-24-22-38(32(39)40)18-16-28(24)29/h9-15,20,36H,16-19,22-23H2,1-8H3,(H,39,40). The molecule has 1 amide bonds. The summed E-state index contributed by atoms with van der Waals surface area (Å²) in [5.41, 5.74) is 6.69. The van der Waals surface area contributed by atoms with Gasteiger partial charge in [-0.25, -0.2) is 4.79 Å². The van der Waals surface area contributed by atoms with Crippen LogP contribution in [-0.4, -0.2) is 48.7 Å². The van der Waals surface area contributed by atoms with Crippen LogP contribution in [0.15, 0.2) is 48.5 Å². The molecule has 0 unspecified atom stereocenters. The van der Waals surface area contributed by atoms with E-state index in [-0.39, 0.29) is 10.5 Å². The first-order chi connectivity index (χ1) is 20.1. The van der Waals surface area contributed by atoms with E-state index < -0.39 is 14.4 Å². The molecule has 0 saturated carbocycles. The number of hydrogen-bond donors (Lipinski definition) is 2. The summed E-state index contributed by atoms with van der Waals surface area (Å²) in [7, 11) is -0.00811. The highest BCUT2D eigenvalue weighted by Gasteiger charge is 2.39. The summed E-state index contributed by atoms with van der Waals surface area (Å²) in [5.74, 6) is 0.873. The predicted octanol–water partition coefficient (Wildman–Crippen LogP) is 7.60. The number of nitrogens with one attached hydrogen (secondary N) is 1. The highest BCUT2D eigenvalue weighted by molar-refractivity contribution is 6.74. The summed E-state index contributed by atoms with van der Waals surface area (Å²) >= 11 is 0. The van der Waals surface area contributed by atoms with Crippen LogP contribution >= 0.6 is 0 Å². The van der Waals surface area contributed by atoms with Crippen LogP contribution in [0.3, 0.4) is 0 Å². The van der Waals surface area contributed by atoms with Gasteiger partial charge in [-0.1, -0.05) is 52.8 Å². The number of nitrogens with zero attached hydrogens (tertiary/aromatic N) is 3. The molecule has 2 heterocycles. The Labute approximate surface area is 257 Å². The first-order valence-corrected chi connectivity index (χ1v) is 17.9. The van der Waals surface area contributed by atoms with Crippen LogP contribution in [0.5, 0.6) is 5.75 Å². The van der Waals surface area contributed by atoms with E-state index in [0.29, 0.717) is 44.8 Å². The highest BCUT2D eigenvalue weighted by Crippen LogP contribution is 2.38. The van der Waals surface area contributed by atoms with Gasteiger partial charge in [-0.05, 0) is 71.6 Å². The fraction of sp³-hybridized carbons (Fsp3) is 0.471. The number of rotatable bonds is 10. The third-order valence-electron chi connectivity index (χ3n) is 9.00. The van der Waals surface area contributed by atoms with Crippen LogP contribution in [0.4, 0.5) is 16.2 Å². The second-order valence-electron chi connectivity index (χ2n) is 13.7. The van der Waals surface area contributed by atoms with E-state index in [9.17, 15) is 15.2 Å². The number of fused-ring (bicyclic) bond motifs is 1. The van der Waals surface area contributed by atoms with Gasteiger partial charge in [0.05, 0.1) is 18.9 Å². The lowest BCUT2D eigenvalue weighted by Gasteiger charge is -2.36. The molecule has 2 aromatic carbocycles. The molecular weight excluding hydrogens is 556 g/mol. The minimum Gasteiger partial charge on any atom is -0.544 e. The van der Waals surface area contributed by atoms with Gasteiger partial charge < -0.3 is 29.1 Å². The summed E-state index contributed by atoms with van der Waals surface area (Å²) in [4.78, 5) is 12.9. The summed E-state index contributed by atoms with van der Waals surface area (Å²) in [6, 6.07) is 18.4. The van der Waals surface area contributed by atoms with Crippen molar-refractivity contribution in [3.8, 4) is 11.8 Å². The lowest BCUT2D eigenvalue weighted by Crippen LogP contribution is -2.43. The van der Waals surface area contributed by atoms with Gasteiger partial charge in [-0.15, -0.1) is 0 Å². The first-order valence-electron chi connectivity index (χ1n) is 14.9. The number of amides is 1. The molecule has 1 aromatic heterocycles. The number of benzene rings is 2. The van der Waals surface area contributed by atoms with Gasteiger partial charge in [-0.3, -0.25) is 0 Å². The molecule has 0 radical (unpaired) electrons. The summed E-state index contributed by atoms with van der Waals surface area (Å²) < 4.78 is 14.6. The quantitative estimate of drug-likeness (QED) is 0.183. The molecule has 0 spiro atoms. The molecule has 0 bridgehead atoms. The molecule has 0 aliphatic carbocycles. The van der Waals surface area contributed by atoms with E-state index in [1.807, 2.05) is 54.1 Å². The number of hydrogen-bond acceptors (Lipinski definition) is 5. The van der Waals surface area contributed by atoms with Gasteiger partial charge in [0, 0.05) is 43.4 Å².